The number of benzene rings is 2. The van der Waals surface area contributed by atoms with Crippen molar-refractivity contribution in [3.63, 3.8) is 0 Å². The molecule has 9 heteroatoms. The average molecular weight is 470 g/mol. The number of nitrogens with zero attached hydrogens (tertiary/aromatic N) is 2. The second-order valence-electron chi connectivity index (χ2n) is 7.38. The minimum atomic E-state index is -3.74. The van der Waals surface area contributed by atoms with Crippen molar-refractivity contribution in [3.8, 4) is 0 Å². The van der Waals surface area contributed by atoms with Gasteiger partial charge in [-0.2, -0.15) is 0 Å². The fourth-order valence-electron chi connectivity index (χ4n) is 3.52. The molecule has 32 heavy (non-hydrogen) atoms. The molecule has 0 aliphatic carbocycles. The monoisotopic (exact) mass is 469 g/mol. The van der Waals surface area contributed by atoms with Gasteiger partial charge in [0.1, 0.15) is 0 Å². The van der Waals surface area contributed by atoms with Crippen LogP contribution >= 0.6 is 11.3 Å². The zero-order chi connectivity index (χ0) is 22.6. The van der Waals surface area contributed by atoms with Crippen LogP contribution in [0.1, 0.15) is 25.6 Å². The van der Waals surface area contributed by atoms with Gasteiger partial charge in [-0.25, -0.2) is 13.1 Å². The van der Waals surface area contributed by atoms with Crippen LogP contribution in [0, 0.1) is 0 Å². The first-order chi connectivity index (χ1) is 15.4. The molecule has 1 saturated heterocycles. The van der Waals surface area contributed by atoms with E-state index < -0.39 is 10.0 Å². The lowest BCUT2D eigenvalue weighted by Gasteiger charge is -2.35. The summed E-state index contributed by atoms with van der Waals surface area (Å²) < 4.78 is 27.9. The summed E-state index contributed by atoms with van der Waals surface area (Å²) in [7, 11) is -3.74. The topological polar surface area (TPSA) is 86.8 Å². The number of thiophene rings is 1. The maximum atomic E-state index is 13.0. The van der Waals surface area contributed by atoms with Crippen molar-refractivity contribution in [2.24, 2.45) is 0 Å². The van der Waals surface area contributed by atoms with Crippen LogP contribution in [-0.2, 0) is 16.6 Å². The summed E-state index contributed by atoms with van der Waals surface area (Å²) in [6.45, 7) is 1.85. The summed E-state index contributed by atoms with van der Waals surface area (Å²) in [6, 6.07) is 18.8. The first-order valence-electron chi connectivity index (χ1n) is 10.2. The fourth-order valence-corrected chi connectivity index (χ4v) is 5.31. The van der Waals surface area contributed by atoms with Crippen LogP contribution in [0.25, 0.3) is 0 Å². The molecular weight excluding hydrogens is 446 g/mol. The Labute approximate surface area is 191 Å². The standard InChI is InChI=1S/C23H23N3O4S2/c27-22(18-6-2-1-3-7-18)25-11-13-26(14-12-25)23(28)19-8-4-10-21(16-19)32(29,30)24-17-20-9-5-15-31-20/h1-10,15-16,24H,11-14,17H2. The number of nitrogens with one attached hydrogen (secondary N) is 1. The number of sulfonamides is 1. The number of rotatable bonds is 6. The Balaban J connectivity index is 1.39. The van der Waals surface area contributed by atoms with Gasteiger partial charge < -0.3 is 9.80 Å². The van der Waals surface area contributed by atoms with Crippen LogP contribution in [0.2, 0.25) is 0 Å². The van der Waals surface area contributed by atoms with Gasteiger partial charge in [0.05, 0.1) is 4.90 Å². The van der Waals surface area contributed by atoms with Gasteiger partial charge in [-0.3, -0.25) is 9.59 Å². The van der Waals surface area contributed by atoms with Gasteiger partial charge >= 0.3 is 0 Å². The first kappa shape index (κ1) is 22.2. The lowest BCUT2D eigenvalue weighted by Crippen LogP contribution is -2.50. The highest BCUT2D eigenvalue weighted by Gasteiger charge is 2.26. The number of carbonyl (C=O) groups excluding carboxylic acids is 2. The summed E-state index contributed by atoms with van der Waals surface area (Å²) in [4.78, 5) is 29.9. The predicted molar refractivity (Wildman–Crippen MR) is 123 cm³/mol. The molecule has 0 atom stereocenters. The minimum absolute atomic E-state index is 0.0531. The van der Waals surface area contributed by atoms with Crippen LogP contribution in [-0.4, -0.2) is 56.2 Å². The molecule has 7 nitrogen and oxygen atoms in total. The largest absolute Gasteiger partial charge is 0.335 e. The number of hydrogen-bond donors (Lipinski definition) is 1. The van der Waals surface area contributed by atoms with E-state index in [0.717, 1.165) is 4.88 Å². The molecule has 166 valence electrons. The second kappa shape index (κ2) is 9.64. The van der Waals surface area contributed by atoms with Crippen molar-refractivity contribution in [1.82, 2.24) is 14.5 Å². The molecule has 2 amide bonds. The molecule has 4 rings (SSSR count). The molecular formula is C23H23N3O4S2. The van der Waals surface area contributed by atoms with Crippen molar-refractivity contribution < 1.29 is 18.0 Å². The van der Waals surface area contributed by atoms with Gasteiger partial charge in [0, 0.05) is 48.7 Å². The number of piperazine rings is 1. The Morgan fingerprint density at radius 1 is 0.812 bits per heavy atom. The van der Waals surface area contributed by atoms with Crippen LogP contribution in [0.15, 0.2) is 77.0 Å². The molecule has 0 saturated carbocycles. The molecule has 0 radical (unpaired) electrons. The van der Waals surface area contributed by atoms with E-state index in [1.807, 2.05) is 35.7 Å². The molecule has 1 aromatic heterocycles. The van der Waals surface area contributed by atoms with E-state index in [1.165, 1.54) is 23.5 Å². The van der Waals surface area contributed by atoms with Crippen LogP contribution in [0.5, 0.6) is 0 Å². The Morgan fingerprint density at radius 3 is 2.06 bits per heavy atom. The third-order valence-corrected chi connectivity index (χ3v) is 7.56. The number of hydrogen-bond acceptors (Lipinski definition) is 5. The van der Waals surface area contributed by atoms with Crippen LogP contribution in [0.3, 0.4) is 0 Å². The predicted octanol–water partition coefficient (Wildman–Crippen LogP) is 2.82. The highest BCUT2D eigenvalue weighted by molar-refractivity contribution is 7.89. The lowest BCUT2D eigenvalue weighted by atomic mass is 10.1. The molecule has 2 aromatic carbocycles. The number of amides is 2. The van der Waals surface area contributed by atoms with Gasteiger partial charge in [-0.1, -0.05) is 30.3 Å². The van der Waals surface area contributed by atoms with Crippen molar-refractivity contribution in [2.75, 3.05) is 26.2 Å². The van der Waals surface area contributed by atoms with E-state index in [2.05, 4.69) is 4.72 Å². The Hall–Kier alpha value is -3.01. The van der Waals surface area contributed by atoms with E-state index in [1.54, 1.807) is 34.1 Å². The van der Waals surface area contributed by atoms with Crippen LogP contribution in [0.4, 0.5) is 0 Å². The van der Waals surface area contributed by atoms with Gasteiger partial charge in [0.15, 0.2) is 0 Å². The van der Waals surface area contributed by atoms with Gasteiger partial charge in [0.25, 0.3) is 11.8 Å². The van der Waals surface area contributed by atoms with Crippen molar-refractivity contribution in [2.45, 2.75) is 11.4 Å². The zero-order valence-electron chi connectivity index (χ0n) is 17.3. The second-order valence-corrected chi connectivity index (χ2v) is 10.2. The summed E-state index contributed by atoms with van der Waals surface area (Å²) in [5, 5.41) is 1.89. The fraction of sp³-hybridized carbons (Fsp3) is 0.217. The smallest absolute Gasteiger partial charge is 0.254 e. The quantitative estimate of drug-likeness (QED) is 0.602. The molecule has 0 unspecified atom stereocenters. The Morgan fingerprint density at radius 2 is 1.44 bits per heavy atom. The Bertz CT molecular complexity index is 1190. The Kier molecular flexibility index (Phi) is 6.69. The molecule has 2 heterocycles. The van der Waals surface area contributed by atoms with Crippen molar-refractivity contribution >= 4 is 33.2 Å². The van der Waals surface area contributed by atoms with E-state index >= 15 is 0 Å². The van der Waals surface area contributed by atoms with E-state index in [4.69, 9.17) is 0 Å². The molecule has 0 bridgehead atoms. The third kappa shape index (κ3) is 5.07. The zero-order valence-corrected chi connectivity index (χ0v) is 18.9. The molecule has 1 aliphatic rings. The molecule has 0 spiro atoms. The molecule has 3 aromatic rings. The third-order valence-electron chi connectivity index (χ3n) is 5.28. The minimum Gasteiger partial charge on any atom is -0.335 e. The van der Waals surface area contributed by atoms with Gasteiger partial charge in [-0.05, 0) is 41.8 Å². The van der Waals surface area contributed by atoms with E-state index in [0.29, 0.717) is 37.3 Å². The summed E-state index contributed by atoms with van der Waals surface area (Å²) in [6.07, 6.45) is 0. The van der Waals surface area contributed by atoms with Gasteiger partial charge in [-0.15, -0.1) is 11.3 Å². The van der Waals surface area contributed by atoms with Crippen molar-refractivity contribution in [1.29, 1.82) is 0 Å². The molecule has 1 fully saturated rings. The summed E-state index contributed by atoms with van der Waals surface area (Å²) in [5.74, 6) is -0.297. The highest BCUT2D eigenvalue weighted by atomic mass is 32.2. The maximum Gasteiger partial charge on any atom is 0.254 e. The van der Waals surface area contributed by atoms with E-state index in [9.17, 15) is 18.0 Å². The van der Waals surface area contributed by atoms with Gasteiger partial charge in [0.2, 0.25) is 10.0 Å². The van der Waals surface area contributed by atoms with E-state index in [-0.39, 0.29) is 23.3 Å². The summed E-state index contributed by atoms with van der Waals surface area (Å²) in [5.41, 5.74) is 0.937. The molecule has 1 N–H and O–H groups in total. The number of carbonyl (C=O) groups is 2. The van der Waals surface area contributed by atoms with Crippen molar-refractivity contribution in [3.05, 3.63) is 88.1 Å². The lowest BCUT2D eigenvalue weighted by molar-refractivity contribution is 0.0535. The normalized spacial score (nSPS) is 14.4. The average Bonchev–Trinajstić information content (AvgIpc) is 3.37. The first-order valence-corrected chi connectivity index (χ1v) is 12.6. The summed E-state index contributed by atoms with van der Waals surface area (Å²) >= 11 is 1.47. The maximum absolute atomic E-state index is 13.0. The van der Waals surface area contributed by atoms with Crippen LogP contribution < -0.4 is 4.72 Å². The SMILES string of the molecule is O=C(c1ccccc1)N1CCN(C(=O)c2cccc(S(=O)(=O)NCc3cccs3)c2)CC1. The molecule has 1 aliphatic heterocycles. The highest BCUT2D eigenvalue weighted by Crippen LogP contribution is 2.17.